The highest BCUT2D eigenvalue weighted by atomic mass is 16.5. The second-order valence-electron chi connectivity index (χ2n) is 5.31. The van der Waals surface area contributed by atoms with Gasteiger partial charge >= 0.3 is 0 Å². The van der Waals surface area contributed by atoms with Crippen molar-refractivity contribution in [1.29, 1.82) is 0 Å². The lowest BCUT2D eigenvalue weighted by Crippen LogP contribution is -2.33. The van der Waals surface area contributed by atoms with Gasteiger partial charge in [0, 0.05) is 18.0 Å². The van der Waals surface area contributed by atoms with Crippen LogP contribution in [0.1, 0.15) is 12.8 Å². The summed E-state index contributed by atoms with van der Waals surface area (Å²) in [4.78, 5) is 8.62. The number of aromatic hydroxyl groups is 1. The van der Waals surface area contributed by atoms with Crippen LogP contribution in [-0.2, 0) is 0 Å². The lowest BCUT2D eigenvalue weighted by Gasteiger charge is -2.22. The van der Waals surface area contributed by atoms with Crippen LogP contribution in [-0.4, -0.2) is 34.8 Å². The molecule has 1 atom stereocenters. The molecule has 2 aromatic rings. The van der Waals surface area contributed by atoms with Crippen molar-refractivity contribution in [3.05, 3.63) is 36.7 Å². The first kappa shape index (κ1) is 13.8. The predicted molar refractivity (Wildman–Crippen MR) is 80.2 cm³/mol. The van der Waals surface area contributed by atoms with Crippen LogP contribution in [0.4, 0.5) is 0 Å². The van der Waals surface area contributed by atoms with Crippen molar-refractivity contribution in [3.63, 3.8) is 0 Å². The van der Waals surface area contributed by atoms with Crippen LogP contribution in [0.5, 0.6) is 11.5 Å². The van der Waals surface area contributed by atoms with Gasteiger partial charge in [0.1, 0.15) is 5.75 Å². The molecule has 3 rings (SSSR count). The van der Waals surface area contributed by atoms with E-state index in [0.717, 1.165) is 18.7 Å². The number of benzene rings is 1. The summed E-state index contributed by atoms with van der Waals surface area (Å²) in [5.41, 5.74) is 0.871. The van der Waals surface area contributed by atoms with Gasteiger partial charge in [-0.3, -0.25) is 0 Å². The molecule has 0 spiro atoms. The summed E-state index contributed by atoms with van der Waals surface area (Å²) in [6.07, 6.45) is 5.82. The first-order chi connectivity index (χ1) is 10.3. The fourth-order valence-electron chi connectivity index (χ4n) is 2.43. The van der Waals surface area contributed by atoms with E-state index in [1.807, 2.05) is 0 Å². The van der Waals surface area contributed by atoms with Crippen LogP contribution >= 0.6 is 0 Å². The summed E-state index contributed by atoms with van der Waals surface area (Å²) in [6.45, 7) is 2.84. The Labute approximate surface area is 124 Å². The van der Waals surface area contributed by atoms with E-state index in [9.17, 15) is 5.11 Å². The summed E-state index contributed by atoms with van der Waals surface area (Å²) in [7, 11) is 0. The van der Waals surface area contributed by atoms with E-state index < -0.39 is 0 Å². The Hall–Kier alpha value is -2.14. The molecule has 21 heavy (non-hydrogen) atoms. The number of rotatable bonds is 4. The van der Waals surface area contributed by atoms with Crippen LogP contribution in [0.2, 0.25) is 0 Å². The molecule has 0 aliphatic carbocycles. The molecule has 2 N–H and O–H groups in total. The third-order valence-corrected chi connectivity index (χ3v) is 3.64. The Bertz CT molecular complexity index is 563. The maximum absolute atomic E-state index is 9.28. The third kappa shape index (κ3) is 3.70. The molecule has 1 fully saturated rings. The third-order valence-electron chi connectivity index (χ3n) is 3.64. The van der Waals surface area contributed by atoms with Crippen LogP contribution in [0.15, 0.2) is 36.7 Å². The second-order valence-corrected chi connectivity index (χ2v) is 5.31. The maximum Gasteiger partial charge on any atom is 0.159 e. The van der Waals surface area contributed by atoms with Crippen molar-refractivity contribution in [3.8, 4) is 22.9 Å². The highest BCUT2D eigenvalue weighted by Crippen LogP contribution is 2.20. The van der Waals surface area contributed by atoms with Crippen LogP contribution < -0.4 is 10.1 Å². The van der Waals surface area contributed by atoms with Gasteiger partial charge in [0.2, 0.25) is 0 Å². The van der Waals surface area contributed by atoms with Crippen LogP contribution in [0, 0.1) is 5.92 Å². The molecule has 110 valence electrons. The van der Waals surface area contributed by atoms with Crippen molar-refractivity contribution in [1.82, 2.24) is 15.3 Å². The monoisotopic (exact) mass is 285 g/mol. The predicted octanol–water partition coefficient (Wildman–Crippen LogP) is 2.23. The average molecular weight is 285 g/mol. The van der Waals surface area contributed by atoms with E-state index in [0.29, 0.717) is 24.1 Å². The molecule has 1 aromatic carbocycles. The minimum Gasteiger partial charge on any atom is -0.508 e. The molecule has 1 aromatic heterocycles. The summed E-state index contributed by atoms with van der Waals surface area (Å²) < 4.78 is 5.75. The molecule has 2 heterocycles. The van der Waals surface area contributed by atoms with E-state index in [2.05, 4.69) is 15.3 Å². The van der Waals surface area contributed by atoms with E-state index in [1.54, 1.807) is 36.7 Å². The van der Waals surface area contributed by atoms with Crippen molar-refractivity contribution in [2.24, 2.45) is 5.92 Å². The number of nitrogens with one attached hydrogen (secondary N) is 1. The standard InChI is InChI=1S/C16H19N3O2/c20-14-5-3-13(4-6-14)16-18-9-15(10-19-16)21-11-12-2-1-7-17-8-12/h3-6,9-10,12,17,20H,1-2,7-8,11H2. The summed E-state index contributed by atoms with van der Waals surface area (Å²) in [5, 5.41) is 12.7. The quantitative estimate of drug-likeness (QED) is 0.901. The Balaban J connectivity index is 1.59. The highest BCUT2D eigenvalue weighted by molar-refractivity contribution is 5.55. The fourth-order valence-corrected chi connectivity index (χ4v) is 2.43. The fraction of sp³-hybridized carbons (Fsp3) is 0.375. The number of phenols is 1. The van der Waals surface area contributed by atoms with E-state index in [4.69, 9.17) is 4.74 Å². The minimum absolute atomic E-state index is 0.236. The van der Waals surface area contributed by atoms with Crippen molar-refractivity contribution in [2.45, 2.75) is 12.8 Å². The highest BCUT2D eigenvalue weighted by Gasteiger charge is 2.13. The molecular formula is C16H19N3O2. The smallest absolute Gasteiger partial charge is 0.159 e. The summed E-state index contributed by atoms with van der Waals surface area (Å²) >= 11 is 0. The lowest BCUT2D eigenvalue weighted by molar-refractivity contribution is 0.217. The molecule has 5 heteroatoms. The van der Waals surface area contributed by atoms with Gasteiger partial charge in [-0.2, -0.15) is 0 Å². The van der Waals surface area contributed by atoms with Gasteiger partial charge in [0.05, 0.1) is 19.0 Å². The maximum atomic E-state index is 9.28. The Morgan fingerprint density at radius 3 is 2.62 bits per heavy atom. The van der Waals surface area contributed by atoms with Gasteiger partial charge in [0.15, 0.2) is 11.6 Å². The normalized spacial score (nSPS) is 18.4. The van der Waals surface area contributed by atoms with Crippen LogP contribution in [0.3, 0.4) is 0 Å². The van der Waals surface area contributed by atoms with Crippen molar-refractivity contribution < 1.29 is 9.84 Å². The Morgan fingerprint density at radius 2 is 1.95 bits per heavy atom. The van der Waals surface area contributed by atoms with Gasteiger partial charge in [-0.15, -0.1) is 0 Å². The van der Waals surface area contributed by atoms with Gasteiger partial charge < -0.3 is 15.2 Å². The molecule has 0 saturated carbocycles. The van der Waals surface area contributed by atoms with Crippen molar-refractivity contribution >= 4 is 0 Å². The molecule has 0 bridgehead atoms. The average Bonchev–Trinajstić information content (AvgIpc) is 2.55. The van der Waals surface area contributed by atoms with E-state index in [1.165, 1.54) is 12.8 Å². The lowest BCUT2D eigenvalue weighted by atomic mass is 10.0. The zero-order chi connectivity index (χ0) is 14.5. The molecule has 0 radical (unpaired) electrons. The molecule has 0 amide bonds. The molecule has 5 nitrogen and oxygen atoms in total. The summed E-state index contributed by atoms with van der Waals surface area (Å²) in [6, 6.07) is 6.83. The Morgan fingerprint density at radius 1 is 1.19 bits per heavy atom. The zero-order valence-corrected chi connectivity index (χ0v) is 11.8. The molecule has 1 unspecified atom stereocenters. The van der Waals surface area contributed by atoms with Crippen LogP contribution in [0.25, 0.3) is 11.4 Å². The van der Waals surface area contributed by atoms with E-state index >= 15 is 0 Å². The Kier molecular flexibility index (Phi) is 4.31. The number of aromatic nitrogens is 2. The first-order valence-corrected chi connectivity index (χ1v) is 7.26. The number of piperidine rings is 1. The number of hydrogen-bond donors (Lipinski definition) is 2. The number of phenolic OH excluding ortho intramolecular Hbond substituents is 1. The number of ether oxygens (including phenoxy) is 1. The SMILES string of the molecule is Oc1ccc(-c2ncc(OCC3CCCNC3)cn2)cc1. The van der Waals surface area contributed by atoms with Crippen molar-refractivity contribution in [2.75, 3.05) is 19.7 Å². The van der Waals surface area contributed by atoms with E-state index in [-0.39, 0.29) is 5.75 Å². The minimum atomic E-state index is 0.236. The van der Waals surface area contributed by atoms with Gasteiger partial charge in [-0.05, 0) is 43.7 Å². The molecule has 1 aliphatic rings. The first-order valence-electron chi connectivity index (χ1n) is 7.26. The van der Waals surface area contributed by atoms with Gasteiger partial charge in [-0.1, -0.05) is 0 Å². The summed E-state index contributed by atoms with van der Waals surface area (Å²) in [5.74, 6) is 2.13. The second kappa shape index (κ2) is 6.54. The van der Waals surface area contributed by atoms with Gasteiger partial charge in [0.25, 0.3) is 0 Å². The number of nitrogens with zero attached hydrogens (tertiary/aromatic N) is 2. The topological polar surface area (TPSA) is 67.3 Å². The zero-order valence-electron chi connectivity index (χ0n) is 11.8. The molecular weight excluding hydrogens is 266 g/mol. The van der Waals surface area contributed by atoms with Gasteiger partial charge in [-0.25, -0.2) is 9.97 Å². The number of hydrogen-bond acceptors (Lipinski definition) is 5. The largest absolute Gasteiger partial charge is 0.508 e. The molecule has 1 aliphatic heterocycles. The molecule has 1 saturated heterocycles.